The summed E-state index contributed by atoms with van der Waals surface area (Å²) in [7, 11) is 0. The van der Waals surface area contributed by atoms with E-state index in [1.807, 2.05) is 82.3 Å². The van der Waals surface area contributed by atoms with E-state index in [9.17, 15) is 0 Å². The minimum absolute atomic E-state index is 0.145. The van der Waals surface area contributed by atoms with Crippen molar-refractivity contribution in [1.82, 2.24) is 9.97 Å². The molecule has 6 nitrogen and oxygen atoms in total. The molecule has 1 aromatic heterocycles. The van der Waals surface area contributed by atoms with E-state index in [1.165, 1.54) is 0 Å². The molecule has 6 heteroatoms. The molecule has 0 fully saturated rings. The summed E-state index contributed by atoms with van der Waals surface area (Å²) in [5.74, 6) is 2.84. The lowest BCUT2D eigenvalue weighted by Gasteiger charge is -2.13. The van der Waals surface area contributed by atoms with Crippen LogP contribution in [-0.4, -0.2) is 22.7 Å². The van der Waals surface area contributed by atoms with E-state index in [0.29, 0.717) is 18.4 Å². The van der Waals surface area contributed by atoms with Gasteiger partial charge in [-0.2, -0.15) is 4.98 Å². The standard InChI is InChI=1S/C22H26N4O2/c1-5-27-20-9-7-6-8-19(20)25-21-14-16(4)23-22(26-21)24-17-10-12-18(13-11-17)28-15(2)3/h6-15H,5H2,1-4H3,(H2,23,24,25,26). The third kappa shape index (κ3) is 5.36. The monoisotopic (exact) mass is 378 g/mol. The summed E-state index contributed by atoms with van der Waals surface area (Å²) >= 11 is 0. The molecule has 0 saturated carbocycles. The number of nitrogens with one attached hydrogen (secondary N) is 2. The third-order valence-corrected chi connectivity index (χ3v) is 3.79. The van der Waals surface area contributed by atoms with Crippen LogP contribution >= 0.6 is 0 Å². The van der Waals surface area contributed by atoms with E-state index < -0.39 is 0 Å². The lowest BCUT2D eigenvalue weighted by molar-refractivity contribution is 0.242. The predicted molar refractivity (Wildman–Crippen MR) is 113 cm³/mol. The molecule has 28 heavy (non-hydrogen) atoms. The topological polar surface area (TPSA) is 68.3 Å². The highest BCUT2D eigenvalue weighted by atomic mass is 16.5. The van der Waals surface area contributed by atoms with Gasteiger partial charge in [0.1, 0.15) is 17.3 Å². The van der Waals surface area contributed by atoms with Crippen molar-refractivity contribution in [2.75, 3.05) is 17.2 Å². The second kappa shape index (κ2) is 9.08. The fourth-order valence-electron chi connectivity index (χ4n) is 2.70. The van der Waals surface area contributed by atoms with Crippen LogP contribution in [0.3, 0.4) is 0 Å². The van der Waals surface area contributed by atoms with Crippen LogP contribution in [0, 0.1) is 6.92 Å². The molecular weight excluding hydrogens is 352 g/mol. The number of rotatable bonds is 8. The normalized spacial score (nSPS) is 10.6. The fraction of sp³-hybridized carbons (Fsp3) is 0.273. The molecule has 2 N–H and O–H groups in total. The predicted octanol–water partition coefficient (Wildman–Crippen LogP) is 5.46. The fourth-order valence-corrected chi connectivity index (χ4v) is 2.70. The van der Waals surface area contributed by atoms with Crippen LogP contribution in [0.2, 0.25) is 0 Å². The number of ether oxygens (including phenoxy) is 2. The molecule has 3 rings (SSSR count). The number of nitrogens with zero attached hydrogens (tertiary/aromatic N) is 2. The molecule has 1 heterocycles. The number of anilines is 4. The summed E-state index contributed by atoms with van der Waals surface area (Å²) in [4.78, 5) is 9.05. The largest absolute Gasteiger partial charge is 0.492 e. The lowest BCUT2D eigenvalue weighted by Crippen LogP contribution is -2.05. The van der Waals surface area contributed by atoms with E-state index in [4.69, 9.17) is 9.47 Å². The van der Waals surface area contributed by atoms with Crippen LogP contribution in [-0.2, 0) is 0 Å². The summed E-state index contributed by atoms with van der Waals surface area (Å²) < 4.78 is 11.3. The maximum absolute atomic E-state index is 5.67. The maximum Gasteiger partial charge on any atom is 0.229 e. The number of aromatic nitrogens is 2. The van der Waals surface area contributed by atoms with Crippen LogP contribution < -0.4 is 20.1 Å². The van der Waals surface area contributed by atoms with Crippen LogP contribution in [0.25, 0.3) is 0 Å². The number of hydrogen-bond donors (Lipinski definition) is 2. The molecule has 2 aromatic carbocycles. The van der Waals surface area contributed by atoms with Gasteiger partial charge in [0.05, 0.1) is 18.4 Å². The zero-order valence-electron chi connectivity index (χ0n) is 16.7. The van der Waals surface area contributed by atoms with Gasteiger partial charge in [-0.3, -0.25) is 0 Å². The quantitative estimate of drug-likeness (QED) is 0.543. The zero-order valence-corrected chi connectivity index (χ0v) is 16.7. The molecule has 0 bridgehead atoms. The Bertz CT molecular complexity index is 911. The molecule has 0 unspecified atom stereocenters. The molecular formula is C22H26N4O2. The Kier molecular flexibility index (Phi) is 6.32. The third-order valence-electron chi connectivity index (χ3n) is 3.79. The van der Waals surface area contributed by atoms with Gasteiger partial charge in [-0.1, -0.05) is 12.1 Å². The van der Waals surface area contributed by atoms with Crippen LogP contribution in [0.1, 0.15) is 26.5 Å². The minimum atomic E-state index is 0.145. The van der Waals surface area contributed by atoms with Crippen molar-refractivity contribution in [3.63, 3.8) is 0 Å². The van der Waals surface area contributed by atoms with Gasteiger partial charge in [-0.05, 0) is 64.1 Å². The Labute approximate surface area is 166 Å². The van der Waals surface area contributed by atoms with Gasteiger partial charge in [-0.25, -0.2) is 4.98 Å². The van der Waals surface area contributed by atoms with Crippen LogP contribution in [0.4, 0.5) is 23.1 Å². The second-order valence-electron chi connectivity index (χ2n) is 6.59. The van der Waals surface area contributed by atoms with E-state index in [0.717, 1.165) is 28.6 Å². The molecule has 0 aliphatic rings. The minimum Gasteiger partial charge on any atom is -0.492 e. The number of aryl methyl sites for hydroxylation is 1. The van der Waals surface area contributed by atoms with Gasteiger partial charge in [0.25, 0.3) is 0 Å². The van der Waals surface area contributed by atoms with Gasteiger partial charge in [0.15, 0.2) is 0 Å². The highest BCUT2D eigenvalue weighted by Gasteiger charge is 2.07. The van der Waals surface area contributed by atoms with Crippen molar-refractivity contribution in [2.24, 2.45) is 0 Å². The smallest absolute Gasteiger partial charge is 0.229 e. The zero-order chi connectivity index (χ0) is 19.9. The van der Waals surface area contributed by atoms with Gasteiger partial charge >= 0.3 is 0 Å². The first-order valence-corrected chi connectivity index (χ1v) is 9.41. The summed E-state index contributed by atoms with van der Waals surface area (Å²) in [6.45, 7) is 8.51. The molecule has 3 aromatic rings. The molecule has 0 spiro atoms. The number of hydrogen-bond acceptors (Lipinski definition) is 6. The summed E-state index contributed by atoms with van der Waals surface area (Å²) in [6.07, 6.45) is 0.145. The van der Waals surface area contributed by atoms with Crippen LogP contribution in [0.15, 0.2) is 54.6 Å². The van der Waals surface area contributed by atoms with Crippen molar-refractivity contribution in [3.05, 3.63) is 60.3 Å². The van der Waals surface area contributed by atoms with Crippen molar-refractivity contribution in [2.45, 2.75) is 33.8 Å². The van der Waals surface area contributed by atoms with Gasteiger partial charge in [0.2, 0.25) is 5.95 Å². The molecule has 0 amide bonds. The van der Waals surface area contributed by atoms with E-state index in [-0.39, 0.29) is 6.10 Å². The summed E-state index contributed by atoms with van der Waals surface area (Å²) in [6, 6.07) is 17.4. The van der Waals surface area contributed by atoms with Crippen molar-refractivity contribution in [3.8, 4) is 11.5 Å². The Hall–Kier alpha value is -3.28. The second-order valence-corrected chi connectivity index (χ2v) is 6.59. The average molecular weight is 378 g/mol. The Morgan fingerprint density at radius 3 is 2.43 bits per heavy atom. The summed E-state index contributed by atoms with van der Waals surface area (Å²) in [5.41, 5.74) is 2.61. The Morgan fingerprint density at radius 2 is 1.71 bits per heavy atom. The van der Waals surface area contributed by atoms with E-state index >= 15 is 0 Å². The van der Waals surface area contributed by atoms with Crippen LogP contribution in [0.5, 0.6) is 11.5 Å². The highest BCUT2D eigenvalue weighted by Crippen LogP contribution is 2.27. The summed E-state index contributed by atoms with van der Waals surface area (Å²) in [5, 5.41) is 6.56. The Balaban J connectivity index is 1.76. The molecule has 0 aliphatic carbocycles. The molecule has 0 radical (unpaired) electrons. The van der Waals surface area contributed by atoms with E-state index in [2.05, 4.69) is 20.6 Å². The molecule has 0 atom stereocenters. The molecule has 0 saturated heterocycles. The molecule has 146 valence electrons. The van der Waals surface area contributed by atoms with Gasteiger partial charge in [-0.15, -0.1) is 0 Å². The first kappa shape index (κ1) is 19.5. The number of benzene rings is 2. The number of para-hydroxylation sites is 2. The van der Waals surface area contributed by atoms with Gasteiger partial charge in [0, 0.05) is 17.4 Å². The first-order chi connectivity index (χ1) is 13.5. The van der Waals surface area contributed by atoms with E-state index in [1.54, 1.807) is 0 Å². The van der Waals surface area contributed by atoms with Crippen molar-refractivity contribution >= 4 is 23.1 Å². The van der Waals surface area contributed by atoms with Gasteiger partial charge < -0.3 is 20.1 Å². The SMILES string of the molecule is CCOc1ccccc1Nc1cc(C)nc(Nc2ccc(OC(C)C)cc2)n1. The lowest BCUT2D eigenvalue weighted by atomic mass is 10.3. The van der Waals surface area contributed by atoms with Crippen molar-refractivity contribution in [1.29, 1.82) is 0 Å². The highest BCUT2D eigenvalue weighted by molar-refractivity contribution is 5.65. The van der Waals surface area contributed by atoms with Crippen molar-refractivity contribution < 1.29 is 9.47 Å². The maximum atomic E-state index is 5.67. The Morgan fingerprint density at radius 1 is 0.964 bits per heavy atom. The molecule has 0 aliphatic heterocycles. The first-order valence-electron chi connectivity index (χ1n) is 9.41. The average Bonchev–Trinajstić information content (AvgIpc) is 2.64.